The van der Waals surface area contributed by atoms with Crippen LogP contribution in [0.5, 0.6) is 28.7 Å². The van der Waals surface area contributed by atoms with Crippen LogP contribution < -0.4 is 29.0 Å². The fourth-order valence-electron chi connectivity index (χ4n) is 3.52. The molecule has 1 N–H and O–H groups in total. The van der Waals surface area contributed by atoms with E-state index in [0.717, 1.165) is 11.3 Å². The van der Waals surface area contributed by atoms with Crippen molar-refractivity contribution in [3.63, 3.8) is 0 Å². The first-order valence-corrected chi connectivity index (χ1v) is 8.44. The van der Waals surface area contributed by atoms with Crippen molar-refractivity contribution < 1.29 is 28.5 Å². The molecule has 0 fully saturated rings. The zero-order valence-corrected chi connectivity index (χ0v) is 14.2. The SMILES string of the molecule is COc1cc(C2CC(=O)c3cc4c(cc3N2)OCO4)cc2c1OCCO2. The standard InChI is InChI=1S/C19H17NO6/c1-22-17-4-10(5-18-19(17)24-3-2-23-18)12-7-14(21)11-6-15-16(26-9-25-15)8-13(11)20-12/h4-6,8,12,20H,2-3,7,9H2,1H3. The van der Waals surface area contributed by atoms with Crippen molar-refractivity contribution in [2.45, 2.75) is 12.5 Å². The summed E-state index contributed by atoms with van der Waals surface area (Å²) in [5.41, 5.74) is 2.27. The number of hydrogen-bond donors (Lipinski definition) is 1. The Morgan fingerprint density at radius 1 is 1.00 bits per heavy atom. The molecule has 0 saturated heterocycles. The van der Waals surface area contributed by atoms with Gasteiger partial charge in [0, 0.05) is 23.7 Å². The van der Waals surface area contributed by atoms with Gasteiger partial charge >= 0.3 is 0 Å². The van der Waals surface area contributed by atoms with Gasteiger partial charge in [0.1, 0.15) is 13.2 Å². The molecule has 0 aromatic heterocycles. The number of hydrogen-bond acceptors (Lipinski definition) is 7. The molecule has 7 heteroatoms. The van der Waals surface area contributed by atoms with E-state index in [4.69, 9.17) is 23.7 Å². The lowest BCUT2D eigenvalue weighted by Gasteiger charge is -2.28. The minimum Gasteiger partial charge on any atom is -0.493 e. The predicted molar refractivity (Wildman–Crippen MR) is 91.9 cm³/mol. The summed E-state index contributed by atoms with van der Waals surface area (Å²) >= 11 is 0. The van der Waals surface area contributed by atoms with Crippen LogP contribution in [0.3, 0.4) is 0 Å². The Hall–Kier alpha value is -3.09. The van der Waals surface area contributed by atoms with Crippen LogP contribution in [0.1, 0.15) is 28.4 Å². The molecular weight excluding hydrogens is 338 g/mol. The largest absolute Gasteiger partial charge is 0.493 e. The number of nitrogens with one attached hydrogen (secondary N) is 1. The van der Waals surface area contributed by atoms with E-state index in [0.29, 0.717) is 53.9 Å². The zero-order valence-electron chi connectivity index (χ0n) is 14.2. The van der Waals surface area contributed by atoms with Crippen LogP contribution >= 0.6 is 0 Å². The first-order chi connectivity index (χ1) is 12.7. The summed E-state index contributed by atoms with van der Waals surface area (Å²) in [7, 11) is 1.59. The maximum atomic E-state index is 12.7. The van der Waals surface area contributed by atoms with Gasteiger partial charge in [-0.1, -0.05) is 0 Å². The van der Waals surface area contributed by atoms with Gasteiger partial charge in [-0.3, -0.25) is 4.79 Å². The second kappa shape index (κ2) is 5.72. The average molecular weight is 355 g/mol. The fourth-order valence-corrected chi connectivity index (χ4v) is 3.52. The summed E-state index contributed by atoms with van der Waals surface area (Å²) in [4.78, 5) is 12.7. The normalized spacial score (nSPS) is 19.6. The van der Waals surface area contributed by atoms with E-state index in [1.54, 1.807) is 13.2 Å². The van der Waals surface area contributed by atoms with E-state index in [1.807, 2.05) is 18.2 Å². The highest BCUT2D eigenvalue weighted by atomic mass is 16.7. The van der Waals surface area contributed by atoms with E-state index in [1.165, 1.54) is 0 Å². The van der Waals surface area contributed by atoms with E-state index < -0.39 is 0 Å². The van der Waals surface area contributed by atoms with E-state index >= 15 is 0 Å². The summed E-state index contributed by atoms with van der Waals surface area (Å²) in [6, 6.07) is 7.15. The van der Waals surface area contributed by atoms with Gasteiger partial charge in [-0.25, -0.2) is 0 Å². The lowest BCUT2D eigenvalue weighted by Crippen LogP contribution is -2.23. The molecule has 134 valence electrons. The zero-order chi connectivity index (χ0) is 17.7. The molecule has 7 nitrogen and oxygen atoms in total. The van der Waals surface area contributed by atoms with E-state index in [-0.39, 0.29) is 18.6 Å². The average Bonchev–Trinajstić information content (AvgIpc) is 3.13. The van der Waals surface area contributed by atoms with Gasteiger partial charge in [0.2, 0.25) is 12.5 Å². The van der Waals surface area contributed by atoms with Gasteiger partial charge in [-0.05, 0) is 23.8 Å². The Balaban J connectivity index is 1.53. The molecule has 0 saturated carbocycles. The summed E-state index contributed by atoms with van der Waals surface area (Å²) < 4.78 is 27.6. The summed E-state index contributed by atoms with van der Waals surface area (Å²) in [5, 5.41) is 3.42. The lowest BCUT2D eigenvalue weighted by molar-refractivity contribution is 0.0971. The monoisotopic (exact) mass is 355 g/mol. The molecule has 3 heterocycles. The third kappa shape index (κ3) is 2.31. The maximum Gasteiger partial charge on any atom is 0.231 e. The van der Waals surface area contributed by atoms with Crippen LogP contribution in [0.4, 0.5) is 5.69 Å². The van der Waals surface area contributed by atoms with Gasteiger partial charge < -0.3 is 29.0 Å². The van der Waals surface area contributed by atoms with Crippen LogP contribution in [0.15, 0.2) is 24.3 Å². The van der Waals surface area contributed by atoms with Crippen LogP contribution in [-0.4, -0.2) is 32.9 Å². The third-order valence-corrected chi connectivity index (χ3v) is 4.79. The van der Waals surface area contributed by atoms with Gasteiger partial charge in [-0.15, -0.1) is 0 Å². The van der Waals surface area contributed by atoms with Crippen molar-refractivity contribution in [1.82, 2.24) is 0 Å². The Bertz CT molecular complexity index is 892. The fraction of sp³-hybridized carbons (Fsp3) is 0.316. The lowest BCUT2D eigenvalue weighted by atomic mass is 9.91. The molecule has 5 rings (SSSR count). The Morgan fingerprint density at radius 3 is 2.65 bits per heavy atom. The molecule has 0 amide bonds. The molecular formula is C19H17NO6. The molecule has 2 aromatic rings. The number of fused-ring (bicyclic) bond motifs is 3. The second-order valence-corrected chi connectivity index (χ2v) is 6.32. The third-order valence-electron chi connectivity index (χ3n) is 4.79. The number of anilines is 1. The number of rotatable bonds is 2. The van der Waals surface area contributed by atoms with Crippen LogP contribution in [0.25, 0.3) is 0 Å². The molecule has 0 spiro atoms. The number of Topliss-reactive ketones (excluding diaryl/α,β-unsaturated/α-hetero) is 1. The van der Waals surface area contributed by atoms with Crippen molar-refractivity contribution >= 4 is 11.5 Å². The van der Waals surface area contributed by atoms with Crippen molar-refractivity contribution in [3.05, 3.63) is 35.4 Å². The number of ketones is 1. The molecule has 0 bridgehead atoms. The smallest absolute Gasteiger partial charge is 0.231 e. The molecule has 3 aliphatic heterocycles. The number of carbonyl (C=O) groups excluding carboxylic acids is 1. The summed E-state index contributed by atoms with van der Waals surface area (Å²) in [6.07, 6.45) is 0.329. The van der Waals surface area contributed by atoms with Gasteiger partial charge in [0.05, 0.1) is 13.2 Å². The molecule has 2 aromatic carbocycles. The molecule has 1 atom stereocenters. The number of carbonyl (C=O) groups is 1. The minimum absolute atomic E-state index is 0.0518. The molecule has 26 heavy (non-hydrogen) atoms. The molecule has 1 unspecified atom stereocenters. The number of benzene rings is 2. The van der Waals surface area contributed by atoms with Crippen LogP contribution in [0, 0.1) is 0 Å². The molecule has 0 radical (unpaired) electrons. The van der Waals surface area contributed by atoms with Crippen molar-refractivity contribution in [2.24, 2.45) is 0 Å². The van der Waals surface area contributed by atoms with Crippen LogP contribution in [0.2, 0.25) is 0 Å². The van der Waals surface area contributed by atoms with Crippen molar-refractivity contribution in [1.29, 1.82) is 0 Å². The highest BCUT2D eigenvalue weighted by molar-refractivity contribution is 6.04. The van der Waals surface area contributed by atoms with E-state index in [2.05, 4.69) is 5.32 Å². The Morgan fingerprint density at radius 2 is 1.81 bits per heavy atom. The van der Waals surface area contributed by atoms with Crippen molar-refractivity contribution in [2.75, 3.05) is 32.4 Å². The first kappa shape index (κ1) is 15.2. The predicted octanol–water partition coefficient (Wildman–Crippen LogP) is 2.93. The summed E-state index contributed by atoms with van der Waals surface area (Å²) in [6.45, 7) is 1.15. The minimum atomic E-state index is -0.194. The quantitative estimate of drug-likeness (QED) is 0.888. The topological polar surface area (TPSA) is 75.3 Å². The maximum absolute atomic E-state index is 12.7. The Labute approximate surface area is 149 Å². The van der Waals surface area contributed by atoms with Gasteiger partial charge in [0.25, 0.3) is 0 Å². The Kier molecular flexibility index (Phi) is 3.34. The second-order valence-electron chi connectivity index (χ2n) is 6.32. The highest BCUT2D eigenvalue weighted by Crippen LogP contribution is 2.45. The van der Waals surface area contributed by atoms with Crippen LogP contribution in [-0.2, 0) is 0 Å². The first-order valence-electron chi connectivity index (χ1n) is 8.44. The van der Waals surface area contributed by atoms with E-state index in [9.17, 15) is 4.79 Å². The van der Waals surface area contributed by atoms with Crippen molar-refractivity contribution in [3.8, 4) is 28.7 Å². The van der Waals surface area contributed by atoms with Gasteiger partial charge in [0.15, 0.2) is 28.8 Å². The number of methoxy groups -OCH3 is 1. The molecule has 0 aliphatic carbocycles. The summed E-state index contributed by atoms with van der Waals surface area (Å²) in [5.74, 6) is 3.14. The van der Waals surface area contributed by atoms with Gasteiger partial charge in [-0.2, -0.15) is 0 Å². The highest BCUT2D eigenvalue weighted by Gasteiger charge is 2.30. The molecule has 3 aliphatic rings. The number of ether oxygens (including phenoxy) is 5.